The summed E-state index contributed by atoms with van der Waals surface area (Å²) in [5, 5.41) is 29.1. The molecule has 6 amide bonds. The molecule has 1 fully saturated rings. The molecule has 1 aliphatic heterocycles. The quantitative estimate of drug-likeness (QED) is 0.0308. The Bertz CT molecular complexity index is 1780. The Morgan fingerprint density at radius 1 is 0.873 bits per heavy atom. The van der Waals surface area contributed by atoms with Gasteiger partial charge in [0, 0.05) is 19.4 Å². The largest absolute Gasteiger partial charge is 0.508 e. The van der Waals surface area contributed by atoms with Crippen molar-refractivity contribution in [1.82, 2.24) is 40.3 Å². The predicted octanol–water partition coefficient (Wildman–Crippen LogP) is -2.09. The number of guanidine groups is 1. The van der Waals surface area contributed by atoms with Crippen molar-refractivity contribution in [2.45, 2.75) is 76.0 Å². The Balaban J connectivity index is 1.87. The van der Waals surface area contributed by atoms with Crippen LogP contribution in [0.4, 0.5) is 5.82 Å². The van der Waals surface area contributed by atoms with Gasteiger partial charge in [0.25, 0.3) is 0 Å². The number of aliphatic imine (C=N–C) groups is 1. The van der Waals surface area contributed by atoms with Crippen LogP contribution in [0.15, 0.2) is 52.7 Å². The van der Waals surface area contributed by atoms with Crippen LogP contribution in [-0.4, -0.2) is 101 Å². The number of Topliss-reactive ketones (excluding diaryl/α,β-unsaturated/α-hetero) is 1. The Hall–Kier alpha value is -5.91. The summed E-state index contributed by atoms with van der Waals surface area (Å²) in [6.07, 6.45) is 1.93. The number of hydrogen-bond acceptors (Lipinski definition) is 11. The Morgan fingerprint density at radius 2 is 1.51 bits per heavy atom. The fraction of sp³-hybridized carbons (Fsp3) is 0.441. The number of unbranched alkanes of at least 4 members (excludes halogenated alkanes) is 1. The van der Waals surface area contributed by atoms with Crippen LogP contribution >= 0.6 is 0 Å². The summed E-state index contributed by atoms with van der Waals surface area (Å²) in [5.74, 6) is -4.54. The van der Waals surface area contributed by atoms with Crippen LogP contribution in [0.2, 0.25) is 0 Å². The topological polar surface area (TPSA) is 316 Å². The number of hydrogen-bond donors (Lipinski definition) is 9. The van der Waals surface area contributed by atoms with Gasteiger partial charge >= 0.3 is 104 Å². The Labute approximate surface area is 326 Å². The average Bonchev–Trinajstić information content (AvgIpc) is 3.14. The van der Waals surface area contributed by atoms with Crippen molar-refractivity contribution >= 4 is 53.0 Å². The summed E-state index contributed by atoms with van der Waals surface area (Å²) >= 11 is 1.71. The van der Waals surface area contributed by atoms with E-state index in [2.05, 4.69) is 50.4 Å². The number of nitrogens with one attached hydrogen (secondary N) is 6. The fourth-order valence-corrected chi connectivity index (χ4v) is 5.55. The molecule has 1 aliphatic rings. The van der Waals surface area contributed by atoms with Gasteiger partial charge in [0.2, 0.25) is 29.5 Å². The molecule has 0 bridgehead atoms. The maximum atomic E-state index is 13.9. The van der Waals surface area contributed by atoms with E-state index in [1.807, 2.05) is 0 Å². The molecule has 20 nitrogen and oxygen atoms in total. The molecule has 1 aromatic heterocycles. The van der Waals surface area contributed by atoms with Crippen molar-refractivity contribution in [3.05, 3.63) is 53.7 Å². The fourth-order valence-electron chi connectivity index (χ4n) is 5.36. The minimum atomic E-state index is -1.39. The standard InChI is InChI=1S/C34H45N12O8.Tc/c1-19(47)15-25-32(53)45-26(16-20-7-10-22(48)11-8-20)33(54)44-24(5-2-3-13-38-29(50)21-9-12-27(46-37)40-17-21)31(52)43-23(6-4-14-39-34(35)36)30(51)41-18-28(49)42-25;/h7-12,17,23-26,48H,2-6,13-16,18H2,1H3,(H,38,50)(H,41,51)(H,42,49)(H,43,52)(H,44,54)(H,45,53)(H4,35,36,39);/q-1;+2/t23-,24-,25-,26+;/m0./s1. The van der Waals surface area contributed by atoms with Gasteiger partial charge in [0.1, 0.15) is 35.7 Å². The molecule has 295 valence electrons. The molecule has 0 saturated carbocycles. The molecule has 4 atom stereocenters. The molecule has 2 aromatic rings. The van der Waals surface area contributed by atoms with Gasteiger partial charge in [0.05, 0.1) is 6.54 Å². The van der Waals surface area contributed by atoms with Crippen LogP contribution in [0.25, 0.3) is 0 Å². The number of pyridine rings is 1. The van der Waals surface area contributed by atoms with Gasteiger partial charge in [-0.25, -0.2) is 0 Å². The number of carbonyl (C=O) groups excluding carboxylic acids is 7. The first-order valence-electron chi connectivity index (χ1n) is 17.3. The Morgan fingerprint density at radius 3 is 2.15 bits per heavy atom. The first-order valence-corrected chi connectivity index (χ1v) is 18.2. The molecule has 0 unspecified atom stereocenters. The van der Waals surface area contributed by atoms with Gasteiger partial charge < -0.3 is 43.2 Å². The van der Waals surface area contributed by atoms with E-state index in [1.165, 1.54) is 31.3 Å². The summed E-state index contributed by atoms with van der Waals surface area (Å²) in [7, 11) is 0. The average molecular weight is 848 g/mol. The van der Waals surface area contributed by atoms with Gasteiger partial charge in [-0.1, -0.05) is 12.1 Å². The van der Waals surface area contributed by atoms with Crippen molar-refractivity contribution in [3.8, 4) is 5.75 Å². The van der Waals surface area contributed by atoms with Crippen LogP contribution in [0, 0.1) is 0 Å². The van der Waals surface area contributed by atoms with Crippen LogP contribution < -0.4 is 46.8 Å². The van der Waals surface area contributed by atoms with Gasteiger partial charge in [-0.2, -0.15) is 0 Å². The van der Waals surface area contributed by atoms with Crippen LogP contribution in [0.1, 0.15) is 61.4 Å². The zero-order valence-corrected chi connectivity index (χ0v) is 31.9. The molecular formula is C34H45N12O8Tc+. The molecule has 3 rings (SSSR count). The maximum absolute atomic E-state index is 13.9. The van der Waals surface area contributed by atoms with Gasteiger partial charge in [-0.3, -0.25) is 33.8 Å². The van der Waals surface area contributed by atoms with Crippen molar-refractivity contribution in [3.63, 3.8) is 0 Å². The van der Waals surface area contributed by atoms with Crippen molar-refractivity contribution in [2.24, 2.45) is 21.6 Å². The number of nitrogens with zero attached hydrogens (tertiary/aromatic N) is 4. The Kier molecular flexibility index (Phi) is 17.7. The number of benzene rings is 1. The van der Waals surface area contributed by atoms with Crippen LogP contribution in [0.3, 0.4) is 0 Å². The number of amides is 6. The molecule has 1 aromatic carbocycles. The number of aromatic hydroxyl groups is 1. The predicted molar refractivity (Wildman–Crippen MR) is 192 cm³/mol. The normalized spacial score (nSPS) is 19.4. The second-order valence-electron chi connectivity index (χ2n) is 12.6. The summed E-state index contributed by atoms with van der Waals surface area (Å²) < 4.78 is 3.61. The number of nitrogens with two attached hydrogens (primary N) is 2. The molecule has 0 aliphatic carbocycles. The third-order valence-corrected chi connectivity index (χ3v) is 8.33. The first kappa shape index (κ1) is 43.5. The molecule has 55 heavy (non-hydrogen) atoms. The van der Waals surface area contributed by atoms with E-state index < -0.39 is 72.5 Å². The third kappa shape index (κ3) is 15.5. The molecule has 0 spiro atoms. The second kappa shape index (κ2) is 22.3. The van der Waals surface area contributed by atoms with Crippen LogP contribution in [0.5, 0.6) is 5.75 Å². The number of rotatable bonds is 15. The minimum Gasteiger partial charge on any atom is -0.508 e. The maximum Gasteiger partial charge on any atom is 0.243 e. The number of aromatic nitrogens is 1. The molecule has 21 heteroatoms. The third-order valence-electron chi connectivity index (χ3n) is 8.14. The first-order chi connectivity index (χ1) is 26.2. The monoisotopic (exact) mass is 846 g/mol. The van der Waals surface area contributed by atoms with Gasteiger partial charge in [-0.15, -0.1) is 0 Å². The van der Waals surface area contributed by atoms with E-state index in [1.54, 1.807) is 36.9 Å². The van der Waals surface area contributed by atoms with Crippen molar-refractivity contribution in [2.75, 3.05) is 19.6 Å². The summed E-state index contributed by atoms with van der Waals surface area (Å²) in [4.78, 5) is 100. The zero-order valence-electron chi connectivity index (χ0n) is 30.0. The molecule has 11 N–H and O–H groups in total. The van der Waals surface area contributed by atoms with E-state index in [9.17, 15) is 38.7 Å². The second-order valence-corrected chi connectivity index (χ2v) is 13.0. The van der Waals surface area contributed by atoms with Crippen molar-refractivity contribution in [1.29, 1.82) is 0 Å². The number of phenols is 1. The summed E-state index contributed by atoms with van der Waals surface area (Å²) in [5.41, 5.74) is 11.7. The van der Waals surface area contributed by atoms with E-state index >= 15 is 0 Å². The zero-order chi connectivity index (χ0) is 40.3. The number of phenolic OH excluding ortho intramolecular Hbond substituents is 1. The van der Waals surface area contributed by atoms with Gasteiger partial charge in [-0.05, 0) is 37.5 Å². The molecule has 0 radical (unpaired) electrons. The van der Waals surface area contributed by atoms with Crippen molar-refractivity contribution < 1.29 is 57.4 Å². The smallest absolute Gasteiger partial charge is 0.243 e. The molecular weight excluding hydrogens is 802 g/mol. The summed E-state index contributed by atoms with van der Waals surface area (Å²) in [6, 6.07) is 3.87. The molecule has 2 heterocycles. The van der Waals surface area contributed by atoms with Gasteiger partial charge in [0.15, 0.2) is 5.96 Å². The van der Waals surface area contributed by atoms with E-state index in [-0.39, 0.29) is 56.4 Å². The minimum absolute atomic E-state index is 0.0268. The van der Waals surface area contributed by atoms with Crippen LogP contribution in [-0.2, 0) is 53.9 Å². The van der Waals surface area contributed by atoms with E-state index in [4.69, 9.17) is 11.5 Å². The SMILES string of the molecule is CC(=O)C[C@@H]1NC(=O)CNC(=O)[C@H](CCCN=C(N)N)NC(=O)[C@H](CCCCNC(=O)c2ccc(N=[N+]=[Tc])nc2)NC(=O)[C@@H](Cc2ccc(O)cc2)NC1=O. The molecule has 1 saturated heterocycles. The summed E-state index contributed by atoms with van der Waals surface area (Å²) in [6.45, 7) is 0.988. The van der Waals surface area contributed by atoms with E-state index in [0.29, 0.717) is 29.8 Å². The number of ketones is 1. The number of carbonyl (C=O) groups is 7. The van der Waals surface area contributed by atoms with E-state index in [0.717, 1.165) is 0 Å².